The van der Waals surface area contributed by atoms with Crippen LogP contribution in [0.1, 0.15) is 11.1 Å². The van der Waals surface area contributed by atoms with E-state index in [1.807, 2.05) is 80.1 Å². The van der Waals surface area contributed by atoms with Crippen LogP contribution in [-0.2, 0) is 27.7 Å². The van der Waals surface area contributed by atoms with Crippen molar-refractivity contribution in [1.29, 1.82) is 0 Å². The first-order valence-electron chi connectivity index (χ1n) is 11.1. The maximum absolute atomic E-state index is 12.8. The number of aryl methyl sites for hydroxylation is 1. The first-order valence-corrected chi connectivity index (χ1v) is 11.1. The molecule has 2 unspecified atom stereocenters. The fourth-order valence-corrected chi connectivity index (χ4v) is 6.16. The monoisotopic (exact) mass is 438 g/mol. The van der Waals surface area contributed by atoms with Crippen molar-refractivity contribution in [3.63, 3.8) is 0 Å². The van der Waals surface area contributed by atoms with Crippen molar-refractivity contribution >= 4 is 0 Å². The highest BCUT2D eigenvalue weighted by atomic mass is 16.7. The second-order valence-electron chi connectivity index (χ2n) is 8.69. The molecule has 1 spiro atoms. The number of methoxy groups -OCH3 is 2. The molecule has 5 nitrogen and oxygen atoms in total. The van der Waals surface area contributed by atoms with Crippen LogP contribution in [0.25, 0.3) is 22.5 Å². The Morgan fingerprint density at radius 1 is 0.667 bits per heavy atom. The van der Waals surface area contributed by atoms with E-state index in [-0.39, 0.29) is 0 Å². The molecule has 1 saturated carbocycles. The van der Waals surface area contributed by atoms with Crippen molar-refractivity contribution in [2.45, 2.75) is 16.9 Å². The fraction of sp³-hybridized carbons (Fsp3) is 0.214. The van der Waals surface area contributed by atoms with Crippen LogP contribution in [0.4, 0.5) is 0 Å². The lowest BCUT2D eigenvalue weighted by Gasteiger charge is -2.17. The Balaban J connectivity index is 1.72. The third-order valence-electron chi connectivity index (χ3n) is 7.45. The third kappa shape index (κ3) is 2.13. The molecule has 0 radical (unpaired) electrons. The maximum atomic E-state index is 12.8. The zero-order valence-corrected chi connectivity index (χ0v) is 18.9. The smallest absolute Gasteiger partial charge is 0.289 e. The molecule has 5 heteroatoms. The van der Waals surface area contributed by atoms with Gasteiger partial charge in [0.15, 0.2) is 12.4 Å². The number of rotatable bonds is 4. The lowest BCUT2D eigenvalue weighted by molar-refractivity contribution is -0.730. The molecule has 1 aliphatic heterocycles. The van der Waals surface area contributed by atoms with Gasteiger partial charge in [-0.1, -0.05) is 36.4 Å². The molecule has 164 valence electrons. The van der Waals surface area contributed by atoms with Gasteiger partial charge >= 0.3 is 0 Å². The van der Waals surface area contributed by atoms with Gasteiger partial charge < -0.3 is 14.6 Å². The van der Waals surface area contributed by atoms with E-state index >= 15 is 0 Å². The normalized spacial score (nSPS) is 23.9. The van der Waals surface area contributed by atoms with Crippen molar-refractivity contribution in [2.24, 2.45) is 7.05 Å². The summed E-state index contributed by atoms with van der Waals surface area (Å²) in [5.74, 6) is -1.32. The van der Waals surface area contributed by atoms with Crippen LogP contribution in [0, 0.1) is 0 Å². The van der Waals surface area contributed by atoms with Crippen molar-refractivity contribution in [3.05, 3.63) is 108 Å². The number of nitrogens with zero attached hydrogens (tertiary/aromatic N) is 2. The van der Waals surface area contributed by atoms with Gasteiger partial charge in [-0.2, -0.15) is 4.57 Å². The molecule has 2 atom stereocenters. The fourth-order valence-electron chi connectivity index (χ4n) is 6.16. The van der Waals surface area contributed by atoms with Crippen LogP contribution >= 0.6 is 0 Å². The highest BCUT2D eigenvalue weighted by Crippen LogP contribution is 2.74. The van der Waals surface area contributed by atoms with Gasteiger partial charge in [-0.05, 0) is 24.3 Å². The Labute approximate surface area is 193 Å². The number of hydrogen-bond donors (Lipinski definition) is 1. The Morgan fingerprint density at radius 2 is 1.21 bits per heavy atom. The summed E-state index contributed by atoms with van der Waals surface area (Å²) in [6.45, 7) is 0. The number of aliphatic hydroxyl groups is 1. The number of ether oxygens (including phenoxy) is 2. The number of hydrogen-bond acceptors (Lipinski definition) is 3. The van der Waals surface area contributed by atoms with E-state index < -0.39 is 16.9 Å². The highest BCUT2D eigenvalue weighted by Gasteiger charge is 3.01. The Morgan fingerprint density at radius 3 is 1.88 bits per heavy atom. The summed E-state index contributed by atoms with van der Waals surface area (Å²) in [5, 5.41) is 12.8. The van der Waals surface area contributed by atoms with Crippen LogP contribution in [-0.4, -0.2) is 25.1 Å². The lowest BCUT2D eigenvalue weighted by atomic mass is 9.91. The summed E-state index contributed by atoms with van der Waals surface area (Å²) in [5.41, 5.74) is 3.27. The molecule has 6 rings (SSSR count). The molecule has 2 aromatic carbocycles. The SMILES string of the molecule is COC1(OC)C(O)(c2ccccc2-c2cccc[n+]2C)C12c1ccccc1-c1cccc[n+]12. The van der Waals surface area contributed by atoms with E-state index in [0.29, 0.717) is 0 Å². The Bertz CT molecular complexity index is 1350. The molecule has 1 fully saturated rings. The first-order chi connectivity index (χ1) is 16.1. The van der Waals surface area contributed by atoms with Gasteiger partial charge in [-0.3, -0.25) is 0 Å². The molecule has 0 saturated heterocycles. The lowest BCUT2D eigenvalue weighted by Crippen LogP contribution is -2.52. The second-order valence-corrected chi connectivity index (χ2v) is 8.69. The Hall–Kier alpha value is -3.38. The number of pyridine rings is 2. The minimum absolute atomic E-state index is 0.759. The average molecular weight is 439 g/mol. The number of aromatic nitrogens is 2. The molecule has 1 N–H and O–H groups in total. The minimum Gasteiger partial charge on any atom is -0.373 e. The number of benzene rings is 2. The summed E-state index contributed by atoms with van der Waals surface area (Å²) in [6.07, 6.45) is 4.01. The summed E-state index contributed by atoms with van der Waals surface area (Å²) in [7, 11) is 5.23. The van der Waals surface area contributed by atoms with E-state index in [2.05, 4.69) is 33.4 Å². The zero-order valence-electron chi connectivity index (χ0n) is 18.9. The van der Waals surface area contributed by atoms with Crippen molar-refractivity contribution < 1.29 is 23.7 Å². The van der Waals surface area contributed by atoms with E-state index in [1.54, 1.807) is 14.2 Å². The van der Waals surface area contributed by atoms with Gasteiger partial charge in [0.25, 0.3) is 11.3 Å². The molecule has 2 aliphatic rings. The van der Waals surface area contributed by atoms with Crippen molar-refractivity contribution in [3.8, 4) is 22.5 Å². The highest BCUT2D eigenvalue weighted by molar-refractivity contribution is 5.74. The second kappa shape index (κ2) is 6.81. The summed E-state index contributed by atoms with van der Waals surface area (Å²) in [4.78, 5) is 0. The molecular weight excluding hydrogens is 412 g/mol. The minimum atomic E-state index is -1.49. The van der Waals surface area contributed by atoms with Crippen LogP contribution in [0.5, 0.6) is 0 Å². The quantitative estimate of drug-likeness (QED) is 0.394. The van der Waals surface area contributed by atoms with Gasteiger partial charge in [0.1, 0.15) is 7.05 Å². The van der Waals surface area contributed by atoms with Gasteiger partial charge in [0.05, 0.1) is 11.1 Å². The van der Waals surface area contributed by atoms with E-state index in [9.17, 15) is 5.11 Å². The van der Waals surface area contributed by atoms with Crippen molar-refractivity contribution in [2.75, 3.05) is 14.2 Å². The predicted molar refractivity (Wildman–Crippen MR) is 123 cm³/mol. The summed E-state index contributed by atoms with van der Waals surface area (Å²) < 4.78 is 16.5. The molecule has 0 amide bonds. The first kappa shape index (κ1) is 20.2. The largest absolute Gasteiger partial charge is 0.373 e. The van der Waals surface area contributed by atoms with Gasteiger partial charge in [-0.25, -0.2) is 4.57 Å². The molecule has 0 bridgehead atoms. The van der Waals surface area contributed by atoms with Crippen LogP contribution < -0.4 is 9.13 Å². The van der Waals surface area contributed by atoms with Crippen LogP contribution in [0.15, 0.2) is 97.3 Å². The van der Waals surface area contributed by atoms with E-state index in [0.717, 1.165) is 33.6 Å². The van der Waals surface area contributed by atoms with E-state index in [1.165, 1.54) is 0 Å². The maximum Gasteiger partial charge on any atom is 0.289 e. The predicted octanol–water partition coefficient (Wildman–Crippen LogP) is 3.08. The van der Waals surface area contributed by atoms with Crippen LogP contribution in [0.3, 0.4) is 0 Å². The number of fused-ring (bicyclic) bond motifs is 5. The molecule has 33 heavy (non-hydrogen) atoms. The van der Waals surface area contributed by atoms with Crippen LogP contribution in [0.2, 0.25) is 0 Å². The zero-order chi connectivity index (χ0) is 22.8. The average Bonchev–Trinajstić information content (AvgIpc) is 3.21. The van der Waals surface area contributed by atoms with Crippen molar-refractivity contribution in [1.82, 2.24) is 0 Å². The summed E-state index contributed by atoms with van der Waals surface area (Å²) in [6, 6.07) is 28.3. The summed E-state index contributed by atoms with van der Waals surface area (Å²) >= 11 is 0. The topological polar surface area (TPSA) is 46.5 Å². The van der Waals surface area contributed by atoms with Gasteiger partial charge in [0, 0.05) is 49.6 Å². The molecule has 1 aliphatic carbocycles. The molecule has 4 aromatic rings. The standard InChI is InChI=1S/C28H26N2O3/c1-29-18-10-8-16-24(29)21-13-5-7-15-23(21)27(31)26(28(27,32-2)33-3)22-14-6-4-12-20(22)25-17-9-11-19-30(25)26/h4-19,31H,1-3H3/q+2. The van der Waals surface area contributed by atoms with E-state index in [4.69, 9.17) is 9.47 Å². The Kier molecular flexibility index (Phi) is 4.18. The van der Waals surface area contributed by atoms with Gasteiger partial charge in [-0.15, -0.1) is 0 Å². The molecule has 3 heterocycles. The third-order valence-corrected chi connectivity index (χ3v) is 7.45. The molecule has 2 aromatic heterocycles. The van der Waals surface area contributed by atoms with Gasteiger partial charge in [0.2, 0.25) is 17.0 Å². The molecular formula is C28H26N2O3+2.